The van der Waals surface area contributed by atoms with Gasteiger partial charge < -0.3 is 10.6 Å². The molecule has 5 heteroatoms. The van der Waals surface area contributed by atoms with Crippen LogP contribution in [0.1, 0.15) is 34.6 Å². The van der Waals surface area contributed by atoms with Gasteiger partial charge in [-0.25, -0.2) is 0 Å². The SMILES string of the molecule is CCNC(=O)C(C)(C)[SiH3].CCNC(C)=O. The molecular weight excluding hydrogens is 208 g/mol. The summed E-state index contributed by atoms with van der Waals surface area (Å²) in [5.41, 5.74) is 0. The molecule has 0 aliphatic rings. The van der Waals surface area contributed by atoms with Crippen molar-refractivity contribution < 1.29 is 9.59 Å². The summed E-state index contributed by atoms with van der Waals surface area (Å²) < 4.78 is 0. The van der Waals surface area contributed by atoms with Gasteiger partial charge in [0.05, 0.1) is 0 Å². The van der Waals surface area contributed by atoms with Gasteiger partial charge in [0, 0.05) is 35.3 Å². The molecule has 4 nitrogen and oxygen atoms in total. The van der Waals surface area contributed by atoms with Gasteiger partial charge in [0.25, 0.3) is 0 Å². The number of hydrogen-bond donors (Lipinski definition) is 2. The molecule has 0 bridgehead atoms. The van der Waals surface area contributed by atoms with Crippen LogP contribution in [0.2, 0.25) is 5.04 Å². The van der Waals surface area contributed by atoms with Crippen LogP contribution in [0, 0.1) is 0 Å². The number of nitrogens with one attached hydrogen (secondary N) is 2. The van der Waals surface area contributed by atoms with E-state index < -0.39 is 0 Å². The maximum atomic E-state index is 11.0. The van der Waals surface area contributed by atoms with Gasteiger partial charge in [0.1, 0.15) is 0 Å². The number of amides is 2. The van der Waals surface area contributed by atoms with E-state index in [1.165, 1.54) is 6.92 Å². The average Bonchev–Trinajstić information content (AvgIpc) is 2.03. The Morgan fingerprint density at radius 1 is 1.13 bits per heavy atom. The van der Waals surface area contributed by atoms with E-state index in [-0.39, 0.29) is 16.9 Å². The van der Waals surface area contributed by atoms with E-state index in [1.54, 1.807) is 0 Å². The lowest BCUT2D eigenvalue weighted by Gasteiger charge is -2.16. The van der Waals surface area contributed by atoms with E-state index in [4.69, 9.17) is 0 Å². The van der Waals surface area contributed by atoms with Crippen molar-refractivity contribution >= 4 is 22.1 Å². The summed E-state index contributed by atoms with van der Waals surface area (Å²) in [6, 6.07) is 0. The molecule has 0 saturated carbocycles. The minimum Gasteiger partial charge on any atom is -0.357 e. The van der Waals surface area contributed by atoms with Gasteiger partial charge in [-0.1, -0.05) is 13.8 Å². The van der Waals surface area contributed by atoms with Crippen LogP contribution in [0.5, 0.6) is 0 Å². The molecule has 0 spiro atoms. The number of hydrogen-bond acceptors (Lipinski definition) is 2. The third kappa shape index (κ3) is 13.2. The second-order valence-corrected chi connectivity index (χ2v) is 6.70. The molecule has 0 rings (SSSR count). The highest BCUT2D eigenvalue weighted by molar-refractivity contribution is 6.27. The predicted octanol–water partition coefficient (Wildman–Crippen LogP) is -0.171. The molecule has 0 unspecified atom stereocenters. The Labute approximate surface area is 95.6 Å². The molecule has 0 aliphatic heterocycles. The highest BCUT2D eigenvalue weighted by Crippen LogP contribution is 2.16. The summed E-state index contributed by atoms with van der Waals surface area (Å²) in [5.74, 6) is 0.217. The standard InChI is InChI=1S/C6H15NOSi.C4H9NO/c1-4-7-5(8)6(2,3)9;1-3-5-4(2)6/h4H2,1-3,9H3,(H,7,8);3H2,1-2H3,(H,5,6). The largest absolute Gasteiger partial charge is 0.357 e. The van der Waals surface area contributed by atoms with Gasteiger partial charge in [-0.3, -0.25) is 9.59 Å². The first kappa shape index (κ1) is 16.6. The minimum absolute atomic E-state index is 0.0394. The molecular formula is C10H24N2O2Si. The molecule has 0 aromatic heterocycles. The lowest BCUT2D eigenvalue weighted by Crippen LogP contribution is -2.32. The number of rotatable bonds is 3. The summed E-state index contributed by atoms with van der Waals surface area (Å²) >= 11 is 0. The van der Waals surface area contributed by atoms with Gasteiger partial charge in [0.15, 0.2) is 0 Å². The van der Waals surface area contributed by atoms with Gasteiger partial charge in [-0.15, -0.1) is 0 Å². The summed E-state index contributed by atoms with van der Waals surface area (Å²) in [6.45, 7) is 10.7. The monoisotopic (exact) mass is 232 g/mol. The van der Waals surface area contributed by atoms with Crippen molar-refractivity contribution in [3.05, 3.63) is 0 Å². The zero-order valence-electron chi connectivity index (χ0n) is 10.7. The molecule has 0 aromatic rings. The molecule has 15 heavy (non-hydrogen) atoms. The van der Waals surface area contributed by atoms with Crippen LogP contribution in [0.3, 0.4) is 0 Å². The lowest BCUT2D eigenvalue weighted by atomic mass is 10.2. The molecule has 0 heterocycles. The van der Waals surface area contributed by atoms with E-state index in [9.17, 15) is 9.59 Å². The minimum atomic E-state index is -0.101. The second-order valence-electron chi connectivity index (χ2n) is 4.20. The van der Waals surface area contributed by atoms with Gasteiger partial charge in [-0.2, -0.15) is 0 Å². The lowest BCUT2D eigenvalue weighted by molar-refractivity contribution is -0.123. The van der Waals surface area contributed by atoms with E-state index in [0.29, 0.717) is 0 Å². The van der Waals surface area contributed by atoms with Gasteiger partial charge in [0.2, 0.25) is 11.8 Å². The number of carbonyl (C=O) groups is 2. The van der Waals surface area contributed by atoms with Crippen LogP contribution in [-0.4, -0.2) is 35.1 Å². The Bertz CT molecular complexity index is 200. The average molecular weight is 232 g/mol. The number of carbonyl (C=O) groups excluding carboxylic acids is 2. The van der Waals surface area contributed by atoms with Crippen LogP contribution < -0.4 is 10.6 Å². The normalized spacial score (nSPS) is 9.93. The van der Waals surface area contributed by atoms with E-state index in [1.807, 2.05) is 27.7 Å². The van der Waals surface area contributed by atoms with E-state index in [0.717, 1.165) is 23.3 Å². The Kier molecular flexibility index (Phi) is 9.36. The van der Waals surface area contributed by atoms with Crippen molar-refractivity contribution in [1.29, 1.82) is 0 Å². The molecule has 2 amide bonds. The Morgan fingerprint density at radius 2 is 1.53 bits per heavy atom. The van der Waals surface area contributed by atoms with Crippen molar-refractivity contribution in [1.82, 2.24) is 10.6 Å². The van der Waals surface area contributed by atoms with Crippen LogP contribution in [0.15, 0.2) is 0 Å². The molecule has 90 valence electrons. The van der Waals surface area contributed by atoms with Crippen molar-refractivity contribution in [2.24, 2.45) is 0 Å². The molecule has 0 aromatic carbocycles. The van der Waals surface area contributed by atoms with E-state index in [2.05, 4.69) is 10.6 Å². The Hall–Kier alpha value is -0.843. The van der Waals surface area contributed by atoms with Crippen molar-refractivity contribution in [2.75, 3.05) is 13.1 Å². The third-order valence-corrected chi connectivity index (χ3v) is 1.90. The highest BCUT2D eigenvalue weighted by atomic mass is 28.1. The topological polar surface area (TPSA) is 58.2 Å². The van der Waals surface area contributed by atoms with Crippen molar-refractivity contribution in [2.45, 2.75) is 39.7 Å². The Balaban J connectivity index is 0. The van der Waals surface area contributed by atoms with Crippen LogP contribution in [0.4, 0.5) is 0 Å². The first-order valence-electron chi connectivity index (χ1n) is 5.28. The molecule has 0 radical (unpaired) electrons. The van der Waals surface area contributed by atoms with Crippen LogP contribution >= 0.6 is 0 Å². The summed E-state index contributed by atoms with van der Waals surface area (Å²) in [5, 5.41) is 5.25. The predicted molar refractivity (Wildman–Crippen MR) is 67.0 cm³/mol. The van der Waals surface area contributed by atoms with Crippen LogP contribution in [-0.2, 0) is 9.59 Å². The van der Waals surface area contributed by atoms with Crippen molar-refractivity contribution in [3.8, 4) is 0 Å². The molecule has 0 fully saturated rings. The van der Waals surface area contributed by atoms with Crippen LogP contribution in [0.25, 0.3) is 0 Å². The summed E-state index contributed by atoms with van der Waals surface area (Å²) in [7, 11) is 0.914. The third-order valence-electron chi connectivity index (χ3n) is 1.44. The second kappa shape index (κ2) is 8.46. The zero-order chi connectivity index (χ0) is 12.5. The smallest absolute Gasteiger partial charge is 0.221 e. The van der Waals surface area contributed by atoms with E-state index >= 15 is 0 Å². The van der Waals surface area contributed by atoms with Crippen molar-refractivity contribution in [3.63, 3.8) is 0 Å². The molecule has 0 saturated heterocycles. The first-order valence-corrected chi connectivity index (χ1v) is 6.28. The highest BCUT2D eigenvalue weighted by Gasteiger charge is 2.19. The summed E-state index contributed by atoms with van der Waals surface area (Å²) in [6.07, 6.45) is 0. The molecule has 0 aliphatic carbocycles. The van der Waals surface area contributed by atoms with Gasteiger partial charge >= 0.3 is 0 Å². The quantitative estimate of drug-likeness (QED) is 0.664. The fourth-order valence-electron chi connectivity index (χ4n) is 0.675. The fourth-order valence-corrected chi connectivity index (χ4v) is 0.851. The Morgan fingerprint density at radius 3 is 1.60 bits per heavy atom. The zero-order valence-corrected chi connectivity index (χ0v) is 12.7. The molecule has 2 N–H and O–H groups in total. The maximum Gasteiger partial charge on any atom is 0.221 e. The fraction of sp³-hybridized carbons (Fsp3) is 0.800. The maximum absolute atomic E-state index is 11.0. The molecule has 0 atom stereocenters. The van der Waals surface area contributed by atoms with Gasteiger partial charge in [-0.05, 0) is 13.8 Å². The first-order chi connectivity index (χ1) is 6.75. The summed E-state index contributed by atoms with van der Waals surface area (Å²) in [4.78, 5) is 20.9.